The van der Waals surface area contributed by atoms with E-state index in [1.165, 1.54) is 6.42 Å². The van der Waals surface area contributed by atoms with Crippen molar-refractivity contribution in [3.05, 3.63) is 40.5 Å². The molecule has 6 nitrogen and oxygen atoms in total. The van der Waals surface area contributed by atoms with Crippen LogP contribution in [0, 0.1) is 12.8 Å². The van der Waals surface area contributed by atoms with Crippen LogP contribution in [-0.4, -0.2) is 35.6 Å². The summed E-state index contributed by atoms with van der Waals surface area (Å²) in [5.74, 6) is 1.51. The van der Waals surface area contributed by atoms with Gasteiger partial charge in [-0.1, -0.05) is 28.9 Å². The lowest BCUT2D eigenvalue weighted by atomic mass is 10.0. The molecule has 138 valence electrons. The van der Waals surface area contributed by atoms with Gasteiger partial charge in [-0.05, 0) is 43.9 Å². The molecule has 0 aliphatic carbocycles. The van der Waals surface area contributed by atoms with Crippen LogP contribution < -0.4 is 15.0 Å². The summed E-state index contributed by atoms with van der Waals surface area (Å²) in [6.07, 6.45) is 2.38. The molecule has 0 radical (unpaired) electrons. The van der Waals surface area contributed by atoms with E-state index in [4.69, 9.17) is 4.74 Å². The predicted octanol–water partition coefficient (Wildman–Crippen LogP) is 3.80. The van der Waals surface area contributed by atoms with E-state index in [2.05, 4.69) is 43.0 Å². The monoisotopic (exact) mass is 418 g/mol. The number of hydrogen-bond acceptors (Lipinski definition) is 5. The zero-order chi connectivity index (χ0) is 18.5. The molecular weight excluding hydrogens is 396 g/mol. The van der Waals surface area contributed by atoms with Gasteiger partial charge in [0.15, 0.2) is 6.61 Å². The summed E-state index contributed by atoms with van der Waals surface area (Å²) in [5.41, 5.74) is 1.55. The fourth-order valence-electron chi connectivity index (χ4n) is 3.01. The Labute approximate surface area is 162 Å². The van der Waals surface area contributed by atoms with Gasteiger partial charge in [0.25, 0.3) is 5.91 Å². The highest BCUT2D eigenvalue weighted by Crippen LogP contribution is 2.22. The second-order valence-electron chi connectivity index (χ2n) is 6.69. The van der Waals surface area contributed by atoms with Gasteiger partial charge < -0.3 is 15.0 Å². The van der Waals surface area contributed by atoms with Crippen molar-refractivity contribution in [2.45, 2.75) is 26.7 Å². The van der Waals surface area contributed by atoms with Crippen molar-refractivity contribution in [3.63, 3.8) is 0 Å². The maximum Gasteiger partial charge on any atom is 0.262 e. The number of hydrogen-bond donors (Lipinski definition) is 1. The number of aromatic nitrogens is 2. The second kappa shape index (κ2) is 8.49. The van der Waals surface area contributed by atoms with E-state index in [-0.39, 0.29) is 12.5 Å². The Morgan fingerprint density at radius 2 is 2.23 bits per heavy atom. The maximum atomic E-state index is 12.1. The molecule has 26 heavy (non-hydrogen) atoms. The molecule has 2 heterocycles. The molecule has 1 N–H and O–H groups in total. The number of carbonyl (C=O) groups excluding carboxylic acids is 1. The number of nitrogens with one attached hydrogen (secondary N) is 1. The molecule has 1 atom stereocenters. The largest absolute Gasteiger partial charge is 0.467 e. The van der Waals surface area contributed by atoms with Crippen LogP contribution in [0.4, 0.5) is 11.6 Å². The summed E-state index contributed by atoms with van der Waals surface area (Å²) in [6.45, 7) is 5.96. The number of carbonyl (C=O) groups is 1. The first-order chi connectivity index (χ1) is 12.5. The normalized spacial score (nSPS) is 17.0. The summed E-state index contributed by atoms with van der Waals surface area (Å²) < 4.78 is 6.51. The Kier molecular flexibility index (Phi) is 6.08. The minimum Gasteiger partial charge on any atom is -0.467 e. The van der Waals surface area contributed by atoms with Gasteiger partial charge in [0.2, 0.25) is 11.8 Å². The van der Waals surface area contributed by atoms with Crippen LogP contribution >= 0.6 is 15.9 Å². The minimum atomic E-state index is -0.229. The third-order valence-electron chi connectivity index (χ3n) is 4.22. The fourth-order valence-corrected chi connectivity index (χ4v) is 3.41. The van der Waals surface area contributed by atoms with Crippen LogP contribution in [0.15, 0.2) is 34.8 Å². The van der Waals surface area contributed by atoms with Crippen molar-refractivity contribution in [1.82, 2.24) is 9.97 Å². The smallest absolute Gasteiger partial charge is 0.262 e. The predicted molar refractivity (Wildman–Crippen MR) is 106 cm³/mol. The van der Waals surface area contributed by atoms with Gasteiger partial charge >= 0.3 is 0 Å². The van der Waals surface area contributed by atoms with Gasteiger partial charge in [-0.25, -0.2) is 4.98 Å². The summed E-state index contributed by atoms with van der Waals surface area (Å²) in [4.78, 5) is 23.3. The lowest BCUT2D eigenvalue weighted by molar-refractivity contribution is -0.118. The van der Waals surface area contributed by atoms with E-state index in [0.29, 0.717) is 17.7 Å². The van der Waals surface area contributed by atoms with Crippen molar-refractivity contribution >= 4 is 33.5 Å². The van der Waals surface area contributed by atoms with Crippen LogP contribution in [-0.2, 0) is 4.79 Å². The number of piperidine rings is 1. The molecule has 0 saturated carbocycles. The highest BCUT2D eigenvalue weighted by atomic mass is 79.9. The van der Waals surface area contributed by atoms with Gasteiger partial charge in [0.1, 0.15) is 0 Å². The average molecular weight is 419 g/mol. The van der Waals surface area contributed by atoms with Crippen molar-refractivity contribution < 1.29 is 9.53 Å². The average Bonchev–Trinajstić information content (AvgIpc) is 2.59. The molecule has 2 aromatic rings. The Bertz CT molecular complexity index is 784. The summed E-state index contributed by atoms with van der Waals surface area (Å²) in [5, 5.41) is 2.80. The molecule has 1 fully saturated rings. The molecule has 0 unspecified atom stereocenters. The van der Waals surface area contributed by atoms with Crippen LogP contribution in [0.25, 0.3) is 0 Å². The molecule has 1 aromatic carbocycles. The fraction of sp³-hybridized carbons (Fsp3) is 0.421. The SMILES string of the molecule is Cc1cc(OCC(=O)Nc2cccc(Br)c2)nc(N2CCC[C@H](C)C2)n1. The van der Waals surface area contributed by atoms with Gasteiger partial charge in [0.05, 0.1) is 0 Å². The number of ether oxygens (including phenoxy) is 1. The second-order valence-corrected chi connectivity index (χ2v) is 7.60. The van der Waals surface area contributed by atoms with Crippen molar-refractivity contribution in [3.8, 4) is 5.88 Å². The first-order valence-electron chi connectivity index (χ1n) is 8.78. The molecule has 7 heteroatoms. The van der Waals surface area contributed by atoms with E-state index in [9.17, 15) is 4.79 Å². The number of anilines is 2. The Morgan fingerprint density at radius 3 is 3.00 bits per heavy atom. The number of halogens is 1. The van der Waals surface area contributed by atoms with Crippen LogP contribution in [0.1, 0.15) is 25.5 Å². The number of aryl methyl sites for hydroxylation is 1. The first kappa shape index (κ1) is 18.6. The number of amides is 1. The lowest BCUT2D eigenvalue weighted by Gasteiger charge is -2.31. The zero-order valence-corrected chi connectivity index (χ0v) is 16.6. The molecule has 1 aliphatic rings. The van der Waals surface area contributed by atoms with E-state index < -0.39 is 0 Å². The molecule has 3 rings (SSSR count). The Hall–Kier alpha value is -2.15. The van der Waals surface area contributed by atoms with E-state index in [1.54, 1.807) is 6.07 Å². The number of rotatable bonds is 5. The summed E-state index contributed by atoms with van der Waals surface area (Å²) >= 11 is 3.38. The quantitative estimate of drug-likeness (QED) is 0.799. The van der Waals surface area contributed by atoms with E-state index >= 15 is 0 Å². The van der Waals surface area contributed by atoms with Crippen LogP contribution in [0.2, 0.25) is 0 Å². The molecule has 1 amide bonds. The topological polar surface area (TPSA) is 67.3 Å². The maximum absolute atomic E-state index is 12.1. The molecule has 0 spiro atoms. The van der Waals surface area contributed by atoms with Gasteiger partial charge in [-0.2, -0.15) is 4.98 Å². The van der Waals surface area contributed by atoms with Crippen LogP contribution in [0.3, 0.4) is 0 Å². The lowest BCUT2D eigenvalue weighted by Crippen LogP contribution is -2.35. The highest BCUT2D eigenvalue weighted by Gasteiger charge is 2.19. The van der Waals surface area contributed by atoms with Crippen LogP contribution in [0.5, 0.6) is 5.88 Å². The van der Waals surface area contributed by atoms with Gasteiger partial charge in [-0.15, -0.1) is 0 Å². The van der Waals surface area contributed by atoms with E-state index in [1.807, 2.05) is 31.2 Å². The number of nitrogens with zero attached hydrogens (tertiary/aromatic N) is 3. The Morgan fingerprint density at radius 1 is 1.38 bits per heavy atom. The van der Waals surface area contributed by atoms with Crippen molar-refractivity contribution in [2.75, 3.05) is 29.9 Å². The highest BCUT2D eigenvalue weighted by molar-refractivity contribution is 9.10. The summed E-state index contributed by atoms with van der Waals surface area (Å²) in [7, 11) is 0. The minimum absolute atomic E-state index is 0.0984. The molecule has 0 bridgehead atoms. The van der Waals surface area contributed by atoms with Crippen molar-refractivity contribution in [1.29, 1.82) is 0 Å². The van der Waals surface area contributed by atoms with Gasteiger partial charge in [-0.3, -0.25) is 4.79 Å². The van der Waals surface area contributed by atoms with E-state index in [0.717, 1.165) is 35.4 Å². The molecule has 1 saturated heterocycles. The summed E-state index contributed by atoms with van der Waals surface area (Å²) in [6, 6.07) is 9.18. The van der Waals surface area contributed by atoms with Gasteiger partial charge in [0, 0.05) is 35.0 Å². The number of benzene rings is 1. The zero-order valence-electron chi connectivity index (χ0n) is 15.0. The van der Waals surface area contributed by atoms with Crippen molar-refractivity contribution in [2.24, 2.45) is 5.92 Å². The molecule has 1 aromatic heterocycles. The first-order valence-corrected chi connectivity index (χ1v) is 9.58. The third-order valence-corrected chi connectivity index (χ3v) is 4.71. The molecule has 1 aliphatic heterocycles. The standard InChI is InChI=1S/C19H23BrN4O2/c1-13-5-4-8-24(11-13)19-21-14(2)9-18(23-19)26-12-17(25)22-16-7-3-6-15(20)10-16/h3,6-7,9-10,13H,4-5,8,11-12H2,1-2H3,(H,22,25)/t13-/m0/s1. The third kappa shape index (κ3) is 5.17. The molecular formula is C19H23BrN4O2. The Balaban J connectivity index is 1.61.